The van der Waals surface area contributed by atoms with Gasteiger partial charge < -0.3 is 20.1 Å². The van der Waals surface area contributed by atoms with E-state index in [1.165, 1.54) is 24.8 Å². The highest BCUT2D eigenvalue weighted by molar-refractivity contribution is 14.0. The van der Waals surface area contributed by atoms with Crippen LogP contribution in [0.1, 0.15) is 52.4 Å². The van der Waals surface area contributed by atoms with Crippen LogP contribution in [0.5, 0.6) is 0 Å². The molecule has 0 amide bonds. The minimum atomic E-state index is 0. The van der Waals surface area contributed by atoms with Crippen LogP contribution >= 0.6 is 24.0 Å². The maximum Gasteiger partial charge on any atom is 0.191 e. The van der Waals surface area contributed by atoms with Gasteiger partial charge in [-0.3, -0.25) is 4.99 Å². The predicted octanol–water partition coefficient (Wildman–Crippen LogP) is 3.24. The highest BCUT2D eigenvalue weighted by atomic mass is 127. The average molecular weight is 463 g/mol. The fraction of sp³-hybridized carbons (Fsp3) is 0.842. The van der Waals surface area contributed by atoms with Crippen LogP contribution in [-0.4, -0.2) is 51.0 Å². The van der Waals surface area contributed by atoms with Crippen molar-refractivity contribution < 1.29 is 9.47 Å². The van der Waals surface area contributed by atoms with E-state index in [4.69, 9.17) is 14.5 Å². The molecule has 0 aromatic heterocycles. The van der Waals surface area contributed by atoms with Gasteiger partial charge in [-0.1, -0.05) is 18.1 Å². The third kappa shape index (κ3) is 4.89. The molecule has 2 N–H and O–H groups in total. The molecule has 144 valence electrons. The number of guanidine groups is 1. The number of hydrogen-bond acceptors (Lipinski definition) is 3. The van der Waals surface area contributed by atoms with Crippen molar-refractivity contribution in [2.24, 2.45) is 10.4 Å². The van der Waals surface area contributed by atoms with Crippen LogP contribution in [0, 0.1) is 5.41 Å². The summed E-state index contributed by atoms with van der Waals surface area (Å²) < 4.78 is 11.3. The molecule has 0 aromatic rings. The van der Waals surface area contributed by atoms with Crippen LogP contribution in [-0.2, 0) is 9.47 Å². The van der Waals surface area contributed by atoms with Gasteiger partial charge in [-0.15, -0.1) is 24.0 Å². The van der Waals surface area contributed by atoms with Gasteiger partial charge in [-0.2, -0.15) is 0 Å². The lowest BCUT2D eigenvalue weighted by atomic mass is 9.51. The number of halogens is 1. The van der Waals surface area contributed by atoms with Gasteiger partial charge >= 0.3 is 0 Å². The maximum atomic E-state index is 5.95. The second-order valence-electron chi connectivity index (χ2n) is 7.16. The summed E-state index contributed by atoms with van der Waals surface area (Å²) in [5, 5.41) is 7.09. The molecule has 1 heterocycles. The van der Waals surface area contributed by atoms with Gasteiger partial charge in [0.15, 0.2) is 5.96 Å². The van der Waals surface area contributed by atoms with Crippen LogP contribution < -0.4 is 10.6 Å². The van der Waals surface area contributed by atoms with Crippen molar-refractivity contribution in [3.8, 4) is 0 Å². The number of aliphatic imine (C=N–C) groups is 1. The summed E-state index contributed by atoms with van der Waals surface area (Å²) in [6, 6.07) is 0.517. The highest BCUT2D eigenvalue weighted by Gasteiger charge is 2.59. The topological polar surface area (TPSA) is 54.9 Å². The molecule has 2 unspecified atom stereocenters. The summed E-state index contributed by atoms with van der Waals surface area (Å²) in [6.07, 6.45) is 9.79. The van der Waals surface area contributed by atoms with Crippen LogP contribution in [0.25, 0.3) is 0 Å². The Bertz CT molecular complexity index is 477. The minimum absolute atomic E-state index is 0. The molecule has 3 aliphatic rings. The maximum absolute atomic E-state index is 5.95. The molecule has 0 bridgehead atoms. The van der Waals surface area contributed by atoms with Crippen molar-refractivity contribution >= 4 is 29.9 Å². The molecular weight excluding hydrogens is 429 g/mol. The van der Waals surface area contributed by atoms with Crippen LogP contribution in [0.15, 0.2) is 16.6 Å². The molecule has 1 spiro atoms. The Morgan fingerprint density at radius 3 is 2.84 bits per heavy atom. The summed E-state index contributed by atoms with van der Waals surface area (Å²) >= 11 is 0. The Balaban J connectivity index is 0.00000225. The second kappa shape index (κ2) is 10.1. The quantitative estimate of drug-likeness (QED) is 0.264. The number of ether oxygens (including phenoxy) is 2. The van der Waals surface area contributed by atoms with Gasteiger partial charge in [0.2, 0.25) is 0 Å². The zero-order chi connectivity index (χ0) is 16.8. The molecule has 3 rings (SSSR count). The minimum Gasteiger partial charge on any atom is -0.378 e. The summed E-state index contributed by atoms with van der Waals surface area (Å²) in [6.45, 7) is 8.42. The van der Waals surface area contributed by atoms with Crippen LogP contribution in [0.2, 0.25) is 0 Å². The molecule has 0 saturated heterocycles. The number of nitrogens with zero attached hydrogens (tertiary/aromatic N) is 1. The van der Waals surface area contributed by atoms with E-state index in [9.17, 15) is 0 Å². The largest absolute Gasteiger partial charge is 0.378 e. The lowest BCUT2D eigenvalue weighted by Gasteiger charge is -2.61. The zero-order valence-electron chi connectivity index (χ0n) is 15.7. The Morgan fingerprint density at radius 2 is 2.24 bits per heavy atom. The monoisotopic (exact) mass is 463 g/mol. The molecule has 5 nitrogen and oxygen atoms in total. The fourth-order valence-corrected chi connectivity index (χ4v) is 4.23. The lowest BCUT2D eigenvalue weighted by molar-refractivity contribution is -0.168. The van der Waals surface area contributed by atoms with Crippen molar-refractivity contribution in [2.75, 3.05) is 32.9 Å². The van der Waals surface area contributed by atoms with E-state index in [-0.39, 0.29) is 24.0 Å². The van der Waals surface area contributed by atoms with E-state index in [1.54, 1.807) is 0 Å². The standard InChI is InChI=1S/C19H33N3O2.HI/c1-3-20-18(21-11-6-15-7-12-23-13-8-15)22-16-14-17(24-4-2)19(16)9-5-10-19;/h7,16-17H,3-6,8-14H2,1-2H3,(H2,20,21,22);1H. The van der Waals surface area contributed by atoms with E-state index in [0.717, 1.165) is 58.1 Å². The Morgan fingerprint density at radius 1 is 1.40 bits per heavy atom. The Labute approximate surface area is 169 Å². The fourth-order valence-electron chi connectivity index (χ4n) is 4.23. The van der Waals surface area contributed by atoms with Crippen molar-refractivity contribution in [2.45, 2.75) is 64.5 Å². The molecule has 0 radical (unpaired) electrons. The van der Waals surface area contributed by atoms with Crippen molar-refractivity contribution in [1.29, 1.82) is 0 Å². The second-order valence-corrected chi connectivity index (χ2v) is 7.16. The summed E-state index contributed by atoms with van der Waals surface area (Å²) in [5.74, 6) is 0.969. The summed E-state index contributed by atoms with van der Waals surface area (Å²) in [4.78, 5) is 4.80. The molecule has 2 saturated carbocycles. The Kier molecular flexibility index (Phi) is 8.48. The van der Waals surface area contributed by atoms with Crippen molar-refractivity contribution in [3.63, 3.8) is 0 Å². The smallest absolute Gasteiger partial charge is 0.191 e. The zero-order valence-corrected chi connectivity index (χ0v) is 18.0. The van der Waals surface area contributed by atoms with Gasteiger partial charge in [0.05, 0.1) is 19.3 Å². The molecule has 1 aliphatic heterocycles. The molecular formula is C19H34IN3O2. The number of nitrogens with one attached hydrogen (secondary N) is 2. The van der Waals surface area contributed by atoms with Gasteiger partial charge in [0.1, 0.15) is 0 Å². The van der Waals surface area contributed by atoms with Crippen molar-refractivity contribution in [3.05, 3.63) is 11.6 Å². The van der Waals surface area contributed by atoms with Crippen LogP contribution in [0.4, 0.5) is 0 Å². The first kappa shape index (κ1) is 21.0. The summed E-state index contributed by atoms with van der Waals surface area (Å²) in [5.41, 5.74) is 1.85. The van der Waals surface area contributed by atoms with E-state index in [0.29, 0.717) is 17.6 Å². The lowest BCUT2D eigenvalue weighted by Crippen LogP contribution is -2.68. The van der Waals surface area contributed by atoms with Gasteiger partial charge in [0.25, 0.3) is 0 Å². The van der Waals surface area contributed by atoms with E-state index < -0.39 is 0 Å². The molecule has 6 heteroatoms. The first-order valence-electron chi connectivity index (χ1n) is 9.70. The van der Waals surface area contributed by atoms with Crippen molar-refractivity contribution in [1.82, 2.24) is 10.6 Å². The predicted molar refractivity (Wildman–Crippen MR) is 113 cm³/mol. The van der Waals surface area contributed by atoms with Crippen LogP contribution in [0.3, 0.4) is 0 Å². The Hall–Kier alpha value is -0.340. The average Bonchev–Trinajstić information content (AvgIpc) is 2.53. The first-order chi connectivity index (χ1) is 11.8. The number of hydrogen-bond donors (Lipinski definition) is 2. The highest BCUT2D eigenvalue weighted by Crippen LogP contribution is 2.57. The third-order valence-electron chi connectivity index (χ3n) is 5.85. The molecule has 2 fully saturated rings. The van der Waals surface area contributed by atoms with Gasteiger partial charge in [0, 0.05) is 31.2 Å². The third-order valence-corrected chi connectivity index (χ3v) is 5.85. The van der Waals surface area contributed by atoms with E-state index in [2.05, 4.69) is 30.6 Å². The molecule has 0 aromatic carbocycles. The van der Waals surface area contributed by atoms with Gasteiger partial charge in [-0.25, -0.2) is 0 Å². The molecule has 25 heavy (non-hydrogen) atoms. The SMILES string of the molecule is CCNC(=NCCC1=CCOCC1)NC1CC(OCC)C12CCC2.I. The summed E-state index contributed by atoms with van der Waals surface area (Å²) in [7, 11) is 0. The van der Waals surface area contributed by atoms with Gasteiger partial charge in [-0.05, 0) is 46.0 Å². The normalized spacial score (nSPS) is 27.6. The number of rotatable bonds is 7. The first-order valence-corrected chi connectivity index (χ1v) is 9.70. The van der Waals surface area contributed by atoms with E-state index in [1.807, 2.05) is 0 Å². The van der Waals surface area contributed by atoms with E-state index >= 15 is 0 Å². The molecule has 2 aliphatic carbocycles. The molecule has 2 atom stereocenters.